The zero-order chi connectivity index (χ0) is 17.5. The van der Waals surface area contributed by atoms with Crippen molar-refractivity contribution in [2.24, 2.45) is 28.1 Å². The first-order valence-electron chi connectivity index (χ1n) is 9.07. The Morgan fingerprint density at radius 3 is 2.54 bits per heavy atom. The zero-order valence-electron chi connectivity index (χ0n) is 14.7. The van der Waals surface area contributed by atoms with Crippen molar-refractivity contribution in [3.63, 3.8) is 0 Å². The van der Waals surface area contributed by atoms with E-state index < -0.39 is 5.41 Å². The van der Waals surface area contributed by atoms with E-state index in [1.165, 1.54) is 5.57 Å². The van der Waals surface area contributed by atoms with Crippen LogP contribution in [0.25, 0.3) is 0 Å². The summed E-state index contributed by atoms with van der Waals surface area (Å²) in [4.78, 5) is 26.3. The number of Topliss-reactive ketones (excluding diaryl/α,β-unsaturated/α-hetero) is 2. The monoisotopic (exact) mass is 326 g/mol. The number of hydrogen-bond acceptors (Lipinski definition) is 3. The summed E-state index contributed by atoms with van der Waals surface area (Å²) in [5, 5.41) is 10.1. The van der Waals surface area contributed by atoms with E-state index in [1.54, 1.807) is 0 Å². The molecule has 5 rings (SSSR count). The molecule has 0 aromatic heterocycles. The van der Waals surface area contributed by atoms with Gasteiger partial charge < -0.3 is 5.11 Å². The summed E-state index contributed by atoms with van der Waals surface area (Å²) < 4.78 is 0. The molecule has 0 aromatic carbocycles. The molecule has 2 bridgehead atoms. The van der Waals surface area contributed by atoms with Crippen LogP contribution >= 0.6 is 0 Å². The molecule has 3 nitrogen and oxygen atoms in total. The molecule has 0 heterocycles. The molecule has 2 unspecified atom stereocenters. The molecular formula is C21H26O3. The molecule has 0 aromatic rings. The van der Waals surface area contributed by atoms with Crippen LogP contribution in [0.4, 0.5) is 0 Å². The van der Waals surface area contributed by atoms with Crippen LogP contribution in [0.15, 0.2) is 36.0 Å². The van der Waals surface area contributed by atoms with E-state index in [0.29, 0.717) is 17.6 Å². The van der Waals surface area contributed by atoms with Crippen molar-refractivity contribution < 1.29 is 14.7 Å². The lowest BCUT2D eigenvalue weighted by molar-refractivity contribution is -0.174. The predicted octanol–water partition coefficient (Wildman–Crippen LogP) is 3.39. The molecule has 128 valence electrons. The number of rotatable bonds is 2. The highest BCUT2D eigenvalue weighted by atomic mass is 16.3. The van der Waals surface area contributed by atoms with Crippen LogP contribution in [-0.2, 0) is 9.59 Å². The van der Waals surface area contributed by atoms with Gasteiger partial charge in [-0.1, -0.05) is 45.1 Å². The summed E-state index contributed by atoms with van der Waals surface area (Å²) >= 11 is 0. The van der Waals surface area contributed by atoms with E-state index in [2.05, 4.69) is 27.0 Å². The number of carbonyl (C=O) groups excluding carboxylic acids is 2. The summed E-state index contributed by atoms with van der Waals surface area (Å²) in [7, 11) is 0. The Labute approximate surface area is 143 Å². The third-order valence-electron chi connectivity index (χ3n) is 7.70. The van der Waals surface area contributed by atoms with Crippen molar-refractivity contribution >= 4 is 11.6 Å². The summed E-state index contributed by atoms with van der Waals surface area (Å²) in [6.07, 6.45) is 6.31. The number of aliphatic hydroxyl groups is 1. The van der Waals surface area contributed by atoms with Gasteiger partial charge in [0.05, 0.1) is 0 Å². The molecule has 0 saturated heterocycles. The minimum Gasteiger partial charge on any atom is -0.396 e. The quantitative estimate of drug-likeness (QED) is 0.625. The number of hydrogen-bond donors (Lipinski definition) is 1. The normalized spacial score (nSPS) is 46.9. The Bertz CT molecular complexity index is 729. The average Bonchev–Trinajstić information content (AvgIpc) is 2.54. The van der Waals surface area contributed by atoms with E-state index in [4.69, 9.17) is 0 Å². The lowest BCUT2D eigenvalue weighted by atomic mass is 9.32. The number of aliphatic hydroxyl groups excluding tert-OH is 1. The molecule has 1 N–H and O–H groups in total. The summed E-state index contributed by atoms with van der Waals surface area (Å²) in [6.45, 7) is 12.4. The van der Waals surface area contributed by atoms with E-state index in [-0.39, 0.29) is 40.8 Å². The van der Waals surface area contributed by atoms with E-state index in [0.717, 1.165) is 25.7 Å². The highest BCUT2D eigenvalue weighted by Gasteiger charge is 2.75. The second-order valence-electron chi connectivity index (χ2n) is 8.69. The van der Waals surface area contributed by atoms with Crippen LogP contribution in [-0.4, -0.2) is 23.3 Å². The Kier molecular flexibility index (Phi) is 3.05. The fourth-order valence-electron chi connectivity index (χ4n) is 6.86. The van der Waals surface area contributed by atoms with Gasteiger partial charge in [0.15, 0.2) is 11.6 Å². The Morgan fingerprint density at radius 1 is 1.21 bits per heavy atom. The lowest BCUT2D eigenvalue weighted by Crippen LogP contribution is -2.70. The maximum Gasteiger partial charge on any atom is 0.177 e. The molecule has 3 fully saturated rings. The van der Waals surface area contributed by atoms with Crippen LogP contribution in [0.3, 0.4) is 0 Å². The van der Waals surface area contributed by atoms with Crippen molar-refractivity contribution in [1.82, 2.24) is 0 Å². The van der Waals surface area contributed by atoms with Gasteiger partial charge >= 0.3 is 0 Å². The maximum absolute atomic E-state index is 13.3. The fraction of sp³-hybridized carbons (Fsp3) is 0.619. The van der Waals surface area contributed by atoms with Crippen LogP contribution in [0.1, 0.15) is 46.0 Å². The van der Waals surface area contributed by atoms with E-state index in [9.17, 15) is 14.7 Å². The van der Waals surface area contributed by atoms with Crippen LogP contribution in [0.5, 0.6) is 0 Å². The van der Waals surface area contributed by atoms with Crippen LogP contribution in [0, 0.1) is 28.1 Å². The van der Waals surface area contributed by atoms with Gasteiger partial charge in [-0.2, -0.15) is 0 Å². The van der Waals surface area contributed by atoms with Gasteiger partial charge in [0.25, 0.3) is 0 Å². The lowest BCUT2D eigenvalue weighted by Gasteiger charge is -2.69. The minimum absolute atomic E-state index is 0.0119. The molecule has 24 heavy (non-hydrogen) atoms. The van der Waals surface area contributed by atoms with Gasteiger partial charge in [-0.25, -0.2) is 0 Å². The number of allylic oxidation sites excluding steroid dienone is 4. The molecular weight excluding hydrogens is 300 g/mol. The van der Waals surface area contributed by atoms with Crippen molar-refractivity contribution in [3.05, 3.63) is 36.0 Å². The summed E-state index contributed by atoms with van der Waals surface area (Å²) in [5.74, 6) is -0.216. The topological polar surface area (TPSA) is 54.4 Å². The summed E-state index contributed by atoms with van der Waals surface area (Å²) in [5.41, 5.74) is 0.868. The smallest absolute Gasteiger partial charge is 0.177 e. The van der Waals surface area contributed by atoms with Gasteiger partial charge in [0.2, 0.25) is 0 Å². The van der Waals surface area contributed by atoms with Gasteiger partial charge in [0.1, 0.15) is 5.41 Å². The molecule has 0 amide bonds. The average molecular weight is 326 g/mol. The summed E-state index contributed by atoms with van der Waals surface area (Å²) in [6, 6.07) is 0. The molecule has 0 aliphatic heterocycles. The SMILES string of the molecule is C=C1C=C2C[C@]3(C1=O)C(=O)C(=C)C1[C@](C)(CO)CCC[C@@]1(CC)C23. The predicted molar refractivity (Wildman–Crippen MR) is 92.2 cm³/mol. The Morgan fingerprint density at radius 2 is 1.92 bits per heavy atom. The molecule has 5 aliphatic rings. The number of fused-ring (bicyclic) bond motifs is 3. The first-order chi connectivity index (χ1) is 11.3. The minimum atomic E-state index is -0.932. The third-order valence-corrected chi connectivity index (χ3v) is 7.70. The van der Waals surface area contributed by atoms with E-state index >= 15 is 0 Å². The van der Waals surface area contributed by atoms with Gasteiger partial charge in [0, 0.05) is 24.0 Å². The van der Waals surface area contributed by atoms with Crippen molar-refractivity contribution in [2.45, 2.75) is 46.0 Å². The maximum atomic E-state index is 13.3. The largest absolute Gasteiger partial charge is 0.396 e. The molecule has 1 spiro atoms. The van der Waals surface area contributed by atoms with Crippen LogP contribution in [0.2, 0.25) is 0 Å². The molecule has 5 aliphatic carbocycles. The standard InChI is InChI=1S/C21H26O3/c1-5-20-8-6-7-19(4,11-22)15(20)13(3)18(24)21-10-14(16(20)21)9-12(2)17(21)23/h9,15-16,22H,2-3,5-8,10-11H2,1,4H3/t15?,16?,19-,20+,21-/m0/s1. The van der Waals surface area contributed by atoms with Gasteiger partial charge in [-0.05, 0) is 42.1 Å². The van der Waals surface area contributed by atoms with Gasteiger partial charge in [-0.15, -0.1) is 0 Å². The number of ketones is 2. The van der Waals surface area contributed by atoms with E-state index in [1.807, 2.05) is 6.08 Å². The zero-order valence-corrected chi connectivity index (χ0v) is 14.7. The molecule has 5 atom stereocenters. The van der Waals surface area contributed by atoms with Crippen LogP contribution < -0.4 is 0 Å². The second-order valence-corrected chi connectivity index (χ2v) is 8.69. The molecule has 0 radical (unpaired) electrons. The Hall–Kier alpha value is -1.48. The fourth-order valence-corrected chi connectivity index (χ4v) is 6.86. The first-order valence-corrected chi connectivity index (χ1v) is 9.07. The molecule has 3 heteroatoms. The highest BCUT2D eigenvalue weighted by molar-refractivity contribution is 6.24. The van der Waals surface area contributed by atoms with Crippen molar-refractivity contribution in [3.8, 4) is 0 Å². The van der Waals surface area contributed by atoms with Crippen molar-refractivity contribution in [1.29, 1.82) is 0 Å². The Balaban J connectivity index is 1.97. The second kappa shape index (κ2) is 4.57. The van der Waals surface area contributed by atoms with Gasteiger partial charge in [-0.3, -0.25) is 9.59 Å². The first kappa shape index (κ1) is 16.0. The number of carbonyl (C=O) groups is 2. The highest BCUT2D eigenvalue weighted by Crippen LogP contribution is 2.74. The third kappa shape index (κ3) is 1.45. The molecule has 3 saturated carbocycles. The van der Waals surface area contributed by atoms with Crippen molar-refractivity contribution in [2.75, 3.05) is 6.61 Å².